The number of carbonyl (C=O) groups is 1. The third-order valence-corrected chi connectivity index (χ3v) is 8.23. The minimum Gasteiger partial charge on any atom is -0.461 e. The minimum absolute atomic E-state index is 0.0904. The first-order valence-electron chi connectivity index (χ1n) is 10.9. The average Bonchev–Trinajstić information content (AvgIpc) is 2.99. The van der Waals surface area contributed by atoms with E-state index in [-0.39, 0.29) is 29.3 Å². The maximum Gasteiger partial charge on any atom is 0.311 e. The van der Waals surface area contributed by atoms with E-state index in [0.29, 0.717) is 12.5 Å². The quantitative estimate of drug-likeness (QED) is 0.631. The van der Waals surface area contributed by atoms with Crippen LogP contribution in [0.25, 0.3) is 0 Å². The van der Waals surface area contributed by atoms with Gasteiger partial charge in [-0.15, -0.1) is 0 Å². The van der Waals surface area contributed by atoms with E-state index >= 15 is 0 Å². The Morgan fingerprint density at radius 2 is 2.07 bits per heavy atom. The van der Waals surface area contributed by atoms with Crippen LogP contribution in [0.3, 0.4) is 0 Å². The number of ether oxygens (including phenoxy) is 1. The largest absolute Gasteiger partial charge is 0.461 e. The summed E-state index contributed by atoms with van der Waals surface area (Å²) >= 11 is 0. The molecule has 2 heterocycles. The predicted octanol–water partition coefficient (Wildman–Crippen LogP) is 3.33. The van der Waals surface area contributed by atoms with Crippen LogP contribution in [-0.2, 0) is 22.5 Å². The Balaban J connectivity index is 1.39. The number of benzene rings is 1. The Labute approximate surface area is 167 Å². The molecule has 5 rings (SSSR count). The topological polar surface area (TPSA) is 49.8 Å². The van der Waals surface area contributed by atoms with Crippen LogP contribution in [0.4, 0.5) is 0 Å². The third kappa shape index (κ3) is 2.68. The smallest absolute Gasteiger partial charge is 0.311 e. The average molecular weight is 382 g/mol. The lowest BCUT2D eigenvalue weighted by Crippen LogP contribution is -2.54. The molecule has 2 fully saturated rings. The van der Waals surface area contributed by atoms with Crippen LogP contribution in [-0.4, -0.2) is 41.3 Å². The van der Waals surface area contributed by atoms with E-state index in [1.54, 1.807) is 0 Å². The second-order valence-electron chi connectivity index (χ2n) is 9.55. The third-order valence-electron chi connectivity index (χ3n) is 8.23. The Morgan fingerprint density at radius 3 is 2.89 bits per heavy atom. The van der Waals surface area contributed by atoms with Gasteiger partial charge in [0.05, 0.1) is 12.0 Å². The highest BCUT2D eigenvalue weighted by Crippen LogP contribution is 2.56. The van der Waals surface area contributed by atoms with Gasteiger partial charge in [-0.05, 0) is 36.3 Å². The van der Waals surface area contributed by atoms with Crippen molar-refractivity contribution in [1.29, 1.82) is 0 Å². The fraction of sp³-hybridized carbons (Fsp3) is 0.625. The second kappa shape index (κ2) is 6.70. The number of carbonyl (C=O) groups excluding carboxylic acids is 1. The molecule has 4 nitrogen and oxygen atoms in total. The first-order chi connectivity index (χ1) is 13.5. The molecule has 4 aliphatic rings. The summed E-state index contributed by atoms with van der Waals surface area (Å²) in [5, 5.41) is 11.5. The highest BCUT2D eigenvalue weighted by molar-refractivity contribution is 5.76. The maximum atomic E-state index is 12.8. The monoisotopic (exact) mass is 381 g/mol. The molecule has 0 bridgehead atoms. The molecule has 0 unspecified atom stereocenters. The van der Waals surface area contributed by atoms with Gasteiger partial charge in [0.25, 0.3) is 0 Å². The van der Waals surface area contributed by atoms with Crippen molar-refractivity contribution in [2.75, 3.05) is 13.1 Å². The molecule has 0 aromatic heterocycles. The number of aliphatic hydroxyl groups excluding tert-OH is 1. The Kier molecular flexibility index (Phi) is 4.40. The zero-order valence-corrected chi connectivity index (χ0v) is 16.9. The number of allylic oxidation sites excluding steroid dienone is 1. The molecule has 6 atom stereocenters. The number of fused-ring (bicyclic) bond motifs is 3. The molecule has 1 saturated carbocycles. The number of hydrogen-bond donors (Lipinski definition) is 1. The Bertz CT molecular complexity index is 818. The van der Waals surface area contributed by atoms with Gasteiger partial charge in [0.15, 0.2) is 0 Å². The summed E-state index contributed by atoms with van der Waals surface area (Å²) < 4.78 is 5.82. The first kappa shape index (κ1) is 18.4. The van der Waals surface area contributed by atoms with Crippen molar-refractivity contribution in [2.45, 2.75) is 58.3 Å². The number of nitrogens with zero attached hydrogens (tertiary/aromatic N) is 1. The van der Waals surface area contributed by atoms with Crippen molar-refractivity contribution < 1.29 is 14.6 Å². The van der Waals surface area contributed by atoms with Crippen molar-refractivity contribution in [1.82, 2.24) is 4.90 Å². The summed E-state index contributed by atoms with van der Waals surface area (Å²) in [4.78, 5) is 15.2. The summed E-state index contributed by atoms with van der Waals surface area (Å²) in [5.41, 5.74) is 3.86. The van der Waals surface area contributed by atoms with Crippen LogP contribution >= 0.6 is 0 Å². The van der Waals surface area contributed by atoms with Crippen LogP contribution in [0.1, 0.15) is 44.2 Å². The van der Waals surface area contributed by atoms with Gasteiger partial charge in [-0.1, -0.05) is 49.8 Å². The molecule has 0 radical (unpaired) electrons. The molecular formula is C24H31NO3. The summed E-state index contributed by atoms with van der Waals surface area (Å²) in [5.74, 6) is 0.00945. The molecule has 1 N–H and O–H groups in total. The van der Waals surface area contributed by atoms with Crippen molar-refractivity contribution in [3.05, 3.63) is 47.0 Å². The van der Waals surface area contributed by atoms with Crippen LogP contribution in [0.5, 0.6) is 0 Å². The molecule has 1 aromatic rings. The van der Waals surface area contributed by atoms with E-state index in [1.807, 2.05) is 0 Å². The van der Waals surface area contributed by atoms with E-state index in [2.05, 4.69) is 49.1 Å². The second-order valence-corrected chi connectivity index (χ2v) is 9.55. The Hall–Kier alpha value is -1.65. The van der Waals surface area contributed by atoms with Crippen LogP contribution in [0, 0.1) is 23.2 Å². The van der Waals surface area contributed by atoms with Crippen molar-refractivity contribution in [3.63, 3.8) is 0 Å². The minimum atomic E-state index is -0.513. The summed E-state index contributed by atoms with van der Waals surface area (Å²) in [6, 6.07) is 8.58. The van der Waals surface area contributed by atoms with Gasteiger partial charge in [-0.25, -0.2) is 0 Å². The van der Waals surface area contributed by atoms with Crippen molar-refractivity contribution in [3.8, 4) is 0 Å². The van der Waals surface area contributed by atoms with Crippen molar-refractivity contribution >= 4 is 5.97 Å². The van der Waals surface area contributed by atoms with Gasteiger partial charge in [0.1, 0.15) is 6.10 Å². The highest BCUT2D eigenvalue weighted by atomic mass is 16.6. The summed E-state index contributed by atoms with van der Waals surface area (Å²) in [6.07, 6.45) is 5.62. The predicted molar refractivity (Wildman–Crippen MR) is 107 cm³/mol. The Morgan fingerprint density at radius 1 is 1.29 bits per heavy atom. The number of hydrogen-bond acceptors (Lipinski definition) is 4. The standard InChI is InChI=1S/C24H31NO3/c1-15-6-5-9-18-12-20-21(22(26)24(15,18)2)19(23(27)28-20)14-25-11-10-16-7-3-4-8-17(16)13-25/h3-4,7-9,15,19-22,26H,5-6,10-14H2,1-2H3/t15-,19-,20+,21+,22+,24+/m0/s1. The molecular weight excluding hydrogens is 350 g/mol. The SMILES string of the molecule is C[C@H]1CCC=C2C[C@H]3OC(=O)[C@@H](CN4CCc5ccccc5C4)[C@H]3[C@@H](O)[C@@]21C. The summed E-state index contributed by atoms with van der Waals surface area (Å²) in [7, 11) is 0. The van der Waals surface area contributed by atoms with Gasteiger partial charge in [0, 0.05) is 37.4 Å². The molecule has 2 aliphatic carbocycles. The van der Waals surface area contributed by atoms with Crippen molar-refractivity contribution in [2.24, 2.45) is 23.2 Å². The van der Waals surface area contributed by atoms with Gasteiger partial charge < -0.3 is 9.84 Å². The molecule has 1 saturated heterocycles. The lowest BCUT2D eigenvalue weighted by atomic mass is 9.55. The number of aliphatic hydroxyl groups is 1. The van der Waals surface area contributed by atoms with E-state index in [9.17, 15) is 9.90 Å². The molecule has 150 valence electrons. The van der Waals surface area contributed by atoms with E-state index in [4.69, 9.17) is 4.74 Å². The molecule has 0 spiro atoms. The zero-order chi connectivity index (χ0) is 19.5. The van der Waals surface area contributed by atoms with E-state index < -0.39 is 6.10 Å². The molecule has 28 heavy (non-hydrogen) atoms. The van der Waals surface area contributed by atoms with E-state index in [0.717, 1.165) is 38.8 Å². The van der Waals surface area contributed by atoms with Crippen LogP contribution in [0.15, 0.2) is 35.9 Å². The molecule has 0 amide bonds. The fourth-order valence-electron chi connectivity index (χ4n) is 6.26. The van der Waals surface area contributed by atoms with E-state index in [1.165, 1.54) is 16.7 Å². The molecule has 2 aliphatic heterocycles. The van der Waals surface area contributed by atoms with Gasteiger partial charge >= 0.3 is 5.97 Å². The number of rotatable bonds is 2. The lowest BCUT2D eigenvalue weighted by molar-refractivity contribution is -0.145. The molecule has 1 aromatic carbocycles. The number of esters is 1. The zero-order valence-electron chi connectivity index (χ0n) is 16.9. The fourth-order valence-corrected chi connectivity index (χ4v) is 6.26. The van der Waals surface area contributed by atoms with Gasteiger partial charge in [0.2, 0.25) is 0 Å². The maximum absolute atomic E-state index is 12.8. The molecule has 4 heteroatoms. The normalized spacial score (nSPS) is 40.2. The van der Waals surface area contributed by atoms with Gasteiger partial charge in [-0.2, -0.15) is 0 Å². The highest BCUT2D eigenvalue weighted by Gasteiger charge is 2.59. The lowest BCUT2D eigenvalue weighted by Gasteiger charge is -2.52. The van der Waals surface area contributed by atoms with Gasteiger partial charge in [-0.3, -0.25) is 9.69 Å². The first-order valence-corrected chi connectivity index (χ1v) is 10.9. The summed E-state index contributed by atoms with van der Waals surface area (Å²) in [6.45, 7) is 7.00. The van der Waals surface area contributed by atoms with Crippen LogP contribution in [0.2, 0.25) is 0 Å². The van der Waals surface area contributed by atoms with Crippen LogP contribution < -0.4 is 0 Å².